The van der Waals surface area contributed by atoms with E-state index in [0.717, 1.165) is 5.56 Å². The number of hydrogen-bond donors (Lipinski definition) is 2. The zero-order valence-electron chi connectivity index (χ0n) is 24.3. The van der Waals surface area contributed by atoms with Crippen molar-refractivity contribution in [1.82, 2.24) is 0 Å². The number of hydrogen-bond acceptors (Lipinski definition) is 8. The van der Waals surface area contributed by atoms with E-state index >= 15 is 0 Å². The van der Waals surface area contributed by atoms with E-state index in [1.807, 2.05) is 51.1 Å². The summed E-state index contributed by atoms with van der Waals surface area (Å²) in [5, 5.41) is 24.4. The summed E-state index contributed by atoms with van der Waals surface area (Å²) in [5.74, 6) is -3.18. The zero-order chi connectivity index (χ0) is 28.3. The molecule has 3 saturated heterocycles. The Hall–Kier alpha value is -1.17. The first kappa shape index (κ1) is 26.7. The van der Waals surface area contributed by atoms with Gasteiger partial charge in [0.2, 0.25) is 0 Å². The van der Waals surface area contributed by atoms with E-state index < -0.39 is 71.1 Å². The largest absolute Gasteiger partial charge is 0.408 e. The highest BCUT2D eigenvalue weighted by Gasteiger charge is 3.11. The van der Waals surface area contributed by atoms with Crippen molar-refractivity contribution in [3.05, 3.63) is 35.9 Å². The second-order valence-corrected chi connectivity index (χ2v) is 19.2. The fourth-order valence-corrected chi connectivity index (χ4v) is 11.9. The van der Waals surface area contributed by atoms with Gasteiger partial charge in [0.1, 0.15) is 6.10 Å². The fraction of sp³-hybridized carbons (Fsp3) is 0.767. The molecule has 1 unspecified atom stereocenters. The molecule has 0 amide bonds. The minimum Gasteiger partial charge on any atom is -0.408 e. The molecule has 8 rings (SSSR count). The molecule has 7 fully saturated rings. The monoisotopic (exact) mass is 558 g/mol. The normalized spacial score (nSPS) is 54.3. The molecule has 6 bridgehead atoms. The molecule has 1 aromatic rings. The SMILES string of the molecule is C[C@H]1CC[C@]2(O[Si](C)(C)C)[C@]3(C)CC4(OCc5ccccc5)O[C@@]2([C@@H]1O)[C@]12OC(C)(C)O[C@]31C(=O)[C@@H](O)[C@]42C. The van der Waals surface area contributed by atoms with E-state index in [-0.39, 0.29) is 18.9 Å². The summed E-state index contributed by atoms with van der Waals surface area (Å²) in [6, 6.07) is 9.79. The first-order valence-corrected chi connectivity index (χ1v) is 17.8. The van der Waals surface area contributed by atoms with Gasteiger partial charge in [0.05, 0.1) is 23.7 Å². The Bertz CT molecular complexity index is 1270. The van der Waals surface area contributed by atoms with E-state index in [1.165, 1.54) is 0 Å². The summed E-state index contributed by atoms with van der Waals surface area (Å²) in [4.78, 5) is 14.7. The smallest absolute Gasteiger partial charge is 0.197 e. The van der Waals surface area contributed by atoms with Gasteiger partial charge in [-0.15, -0.1) is 0 Å². The predicted octanol–water partition coefficient (Wildman–Crippen LogP) is 3.68. The number of benzene rings is 1. The van der Waals surface area contributed by atoms with Crippen LogP contribution in [0.1, 0.15) is 59.4 Å². The lowest BCUT2D eigenvalue weighted by Gasteiger charge is -2.65. The lowest BCUT2D eigenvalue weighted by molar-refractivity contribution is -0.401. The second kappa shape index (κ2) is 7.06. The van der Waals surface area contributed by atoms with Gasteiger partial charge in [-0.1, -0.05) is 44.2 Å². The highest BCUT2D eigenvalue weighted by Crippen LogP contribution is 2.92. The van der Waals surface area contributed by atoms with Crippen molar-refractivity contribution in [3.63, 3.8) is 0 Å². The molecule has 8 nitrogen and oxygen atoms in total. The summed E-state index contributed by atoms with van der Waals surface area (Å²) in [7, 11) is -2.31. The van der Waals surface area contributed by atoms with Crippen LogP contribution in [0.4, 0.5) is 0 Å². The average Bonchev–Trinajstić information content (AvgIpc) is 3.29. The number of Topliss-reactive ketones (excluding diaryl/α,β-unsaturated/α-hetero) is 1. The number of rotatable bonds is 5. The van der Waals surface area contributed by atoms with Gasteiger partial charge >= 0.3 is 0 Å². The van der Waals surface area contributed by atoms with Gasteiger partial charge in [0.15, 0.2) is 42.5 Å². The van der Waals surface area contributed by atoms with Gasteiger partial charge in [0, 0.05) is 11.8 Å². The van der Waals surface area contributed by atoms with E-state index in [4.69, 9.17) is 23.4 Å². The first-order chi connectivity index (χ1) is 18.0. The van der Waals surface area contributed by atoms with Gasteiger partial charge in [0.25, 0.3) is 0 Å². The third-order valence-corrected chi connectivity index (χ3v) is 12.3. The molecular weight excluding hydrogens is 516 g/mol. The van der Waals surface area contributed by atoms with Gasteiger partial charge < -0.3 is 33.6 Å². The molecule has 10 atom stereocenters. The minimum atomic E-state index is -2.31. The van der Waals surface area contributed by atoms with Crippen molar-refractivity contribution in [2.45, 2.75) is 126 Å². The molecule has 4 aliphatic carbocycles. The van der Waals surface area contributed by atoms with Crippen LogP contribution in [0, 0.1) is 16.7 Å². The Morgan fingerprint density at radius 3 is 2.33 bits per heavy atom. The molecule has 1 aromatic carbocycles. The number of aliphatic hydroxyl groups is 2. The Kier molecular flexibility index (Phi) is 4.83. The Balaban J connectivity index is 1.56. The number of carbonyl (C=O) groups excluding carboxylic acids is 1. The Labute approximate surface area is 231 Å². The summed E-state index contributed by atoms with van der Waals surface area (Å²) < 4.78 is 35.2. The Morgan fingerprint density at radius 2 is 1.69 bits per heavy atom. The summed E-state index contributed by atoms with van der Waals surface area (Å²) in [6.07, 6.45) is -0.966. The maximum Gasteiger partial charge on any atom is 0.197 e. The van der Waals surface area contributed by atoms with Gasteiger partial charge in [-0.2, -0.15) is 0 Å². The van der Waals surface area contributed by atoms with Crippen molar-refractivity contribution in [1.29, 1.82) is 0 Å². The van der Waals surface area contributed by atoms with Crippen LogP contribution in [0.25, 0.3) is 0 Å². The molecule has 4 saturated carbocycles. The molecule has 7 aliphatic rings. The van der Waals surface area contributed by atoms with Gasteiger partial charge in [-0.05, 0) is 64.7 Å². The molecule has 0 radical (unpaired) electrons. The third kappa shape index (κ3) is 2.35. The van der Waals surface area contributed by atoms with Crippen molar-refractivity contribution < 1.29 is 38.4 Å². The summed E-state index contributed by atoms with van der Waals surface area (Å²) >= 11 is 0. The molecular formula is C30H42O8Si. The van der Waals surface area contributed by atoms with Crippen LogP contribution in [0.5, 0.6) is 0 Å². The van der Waals surface area contributed by atoms with E-state index in [1.54, 1.807) is 13.8 Å². The number of ketones is 1. The quantitative estimate of drug-likeness (QED) is 0.528. The lowest BCUT2D eigenvalue weighted by Crippen LogP contribution is -2.77. The standard InChI is InChI=1S/C30H42O8Si/c1-18-14-15-26(38-39(6,7)8)24(4)17-27(34-16-19-12-10-9-11-13-19)25(5)21(32)22(33)28(24)30(25,36-23(2,3)35-28)29(26,37-27)20(18)31/h9-13,18,20-21,31-32H,14-17H2,1-8H3/t18-,20+,21+,24-,25+,26-,27?,28+,29+,30+/m0/s1. The molecule has 3 heterocycles. The van der Waals surface area contributed by atoms with Crippen molar-refractivity contribution in [2.75, 3.05) is 0 Å². The van der Waals surface area contributed by atoms with Gasteiger partial charge in [-0.25, -0.2) is 0 Å². The number of aliphatic hydroxyl groups excluding tert-OH is 2. The van der Waals surface area contributed by atoms with Crippen LogP contribution in [-0.2, 0) is 34.8 Å². The van der Waals surface area contributed by atoms with Crippen LogP contribution < -0.4 is 0 Å². The highest BCUT2D eigenvalue weighted by atomic mass is 28.4. The molecule has 2 spiro atoms. The summed E-state index contributed by atoms with van der Waals surface area (Å²) in [6.45, 7) is 16.1. The fourth-order valence-electron chi connectivity index (χ4n) is 10.4. The molecule has 3 aliphatic heterocycles. The molecule has 9 heteroatoms. The Morgan fingerprint density at radius 1 is 1.03 bits per heavy atom. The van der Waals surface area contributed by atoms with E-state index in [9.17, 15) is 15.0 Å². The van der Waals surface area contributed by atoms with Crippen LogP contribution in [0.15, 0.2) is 30.3 Å². The topological polar surface area (TPSA) is 104 Å². The number of carbonyl (C=O) groups is 1. The molecule has 214 valence electrons. The maximum absolute atomic E-state index is 14.7. The lowest BCUT2D eigenvalue weighted by atomic mass is 9.54. The molecule has 39 heavy (non-hydrogen) atoms. The van der Waals surface area contributed by atoms with E-state index in [0.29, 0.717) is 12.8 Å². The van der Waals surface area contributed by atoms with Gasteiger partial charge in [-0.3, -0.25) is 4.79 Å². The van der Waals surface area contributed by atoms with Crippen molar-refractivity contribution >= 4 is 14.1 Å². The molecule has 0 aromatic heterocycles. The number of ether oxygens (including phenoxy) is 4. The predicted molar refractivity (Wildman–Crippen MR) is 143 cm³/mol. The molecule has 2 N–H and O–H groups in total. The van der Waals surface area contributed by atoms with Crippen molar-refractivity contribution in [3.8, 4) is 0 Å². The van der Waals surface area contributed by atoms with Crippen LogP contribution in [0.2, 0.25) is 19.6 Å². The first-order valence-electron chi connectivity index (χ1n) is 14.4. The van der Waals surface area contributed by atoms with Crippen LogP contribution >= 0.6 is 0 Å². The second-order valence-electron chi connectivity index (χ2n) is 14.8. The maximum atomic E-state index is 14.7. The van der Waals surface area contributed by atoms with Crippen LogP contribution in [0.3, 0.4) is 0 Å². The van der Waals surface area contributed by atoms with Crippen molar-refractivity contribution in [2.24, 2.45) is 16.7 Å². The average molecular weight is 559 g/mol. The summed E-state index contributed by atoms with van der Waals surface area (Å²) in [5.41, 5.74) is -7.15. The highest BCUT2D eigenvalue weighted by molar-refractivity contribution is 6.69. The third-order valence-electron chi connectivity index (χ3n) is 11.4. The zero-order valence-corrected chi connectivity index (χ0v) is 25.3. The van der Waals surface area contributed by atoms with Crippen LogP contribution in [-0.4, -0.2) is 70.5 Å². The van der Waals surface area contributed by atoms with E-state index in [2.05, 4.69) is 19.6 Å². The minimum absolute atomic E-state index is 0.162.